The fraction of sp³-hybridized carbons (Fsp3) is 0.294. The molecule has 122 valence electrons. The summed E-state index contributed by atoms with van der Waals surface area (Å²) in [7, 11) is -3.75. The van der Waals surface area contributed by atoms with E-state index in [2.05, 4.69) is 4.98 Å². The third-order valence-corrected chi connectivity index (χ3v) is 6.96. The fourth-order valence-corrected chi connectivity index (χ4v) is 4.70. The molecule has 0 fully saturated rings. The van der Waals surface area contributed by atoms with Gasteiger partial charge < -0.3 is 10.00 Å². The Morgan fingerprint density at radius 3 is 2.30 bits per heavy atom. The van der Waals surface area contributed by atoms with Crippen molar-refractivity contribution in [3.8, 4) is 0 Å². The first-order valence-electron chi connectivity index (χ1n) is 7.28. The molecule has 0 amide bonds. The maximum atomic E-state index is 12.9. The molecule has 0 aliphatic heterocycles. The number of rotatable bonds is 6. The predicted octanol–water partition coefficient (Wildman–Crippen LogP) is 3.28. The van der Waals surface area contributed by atoms with Crippen LogP contribution in [0.3, 0.4) is 0 Å². The van der Waals surface area contributed by atoms with Gasteiger partial charge in [-0.05, 0) is 30.2 Å². The molecule has 1 aromatic heterocycles. The van der Waals surface area contributed by atoms with Crippen molar-refractivity contribution in [1.29, 1.82) is 0 Å². The van der Waals surface area contributed by atoms with E-state index in [0.29, 0.717) is 11.1 Å². The molecule has 0 aliphatic carbocycles. The molecule has 0 bridgehead atoms. The van der Waals surface area contributed by atoms with Crippen molar-refractivity contribution < 1.29 is 19.4 Å². The lowest BCUT2D eigenvalue weighted by Gasteiger charge is -2.34. The molecule has 23 heavy (non-hydrogen) atoms. The Bertz CT molecular complexity index is 720. The van der Waals surface area contributed by atoms with E-state index in [1.807, 2.05) is 6.07 Å². The van der Waals surface area contributed by atoms with E-state index in [0.717, 1.165) is 0 Å². The molecule has 0 spiro atoms. The lowest BCUT2D eigenvalue weighted by molar-refractivity contribution is -0.143. The summed E-state index contributed by atoms with van der Waals surface area (Å²) < 4.78 is 12.9. The van der Waals surface area contributed by atoms with E-state index in [4.69, 9.17) is 0 Å². The monoisotopic (exact) mass is 333 g/mol. The lowest BCUT2D eigenvalue weighted by atomic mass is 9.80. The van der Waals surface area contributed by atoms with Crippen LogP contribution >= 0.6 is 7.37 Å². The SMILES string of the molecule is CC(C(C)(C(=O)O)c1ccncc1)P(=O)(O)Cc1ccccc1. The molecule has 5 nitrogen and oxygen atoms in total. The Hall–Kier alpha value is -1.97. The first-order valence-corrected chi connectivity index (χ1v) is 9.19. The van der Waals surface area contributed by atoms with Gasteiger partial charge in [-0.25, -0.2) is 0 Å². The molecule has 2 N–H and O–H groups in total. The molecule has 2 rings (SSSR count). The molecule has 1 heterocycles. The molecule has 0 saturated heterocycles. The van der Waals surface area contributed by atoms with Crippen molar-refractivity contribution in [2.24, 2.45) is 0 Å². The molecule has 3 unspecified atom stereocenters. The molecular formula is C17H20NO4P. The van der Waals surface area contributed by atoms with Gasteiger partial charge in [0.2, 0.25) is 7.37 Å². The quantitative estimate of drug-likeness (QED) is 0.792. The zero-order chi connectivity index (χ0) is 17.1. The largest absolute Gasteiger partial charge is 0.481 e. The number of benzene rings is 1. The minimum absolute atomic E-state index is 0.0526. The van der Waals surface area contributed by atoms with Crippen molar-refractivity contribution in [2.45, 2.75) is 31.1 Å². The van der Waals surface area contributed by atoms with Crippen LogP contribution in [-0.2, 0) is 20.9 Å². The third-order valence-electron chi connectivity index (χ3n) is 4.42. The summed E-state index contributed by atoms with van der Waals surface area (Å²) in [5.74, 6) is -1.13. The van der Waals surface area contributed by atoms with Gasteiger partial charge in [0.1, 0.15) is 5.41 Å². The Morgan fingerprint density at radius 2 is 1.78 bits per heavy atom. The third kappa shape index (κ3) is 3.52. The Kier molecular flexibility index (Phi) is 5.03. The van der Waals surface area contributed by atoms with Crippen LogP contribution in [-0.4, -0.2) is 26.6 Å². The number of hydrogen-bond donors (Lipinski definition) is 2. The van der Waals surface area contributed by atoms with E-state index >= 15 is 0 Å². The molecule has 0 saturated carbocycles. The Balaban J connectivity index is 2.40. The van der Waals surface area contributed by atoms with E-state index in [1.54, 1.807) is 36.4 Å². The number of aliphatic carboxylic acids is 1. The van der Waals surface area contributed by atoms with E-state index in [9.17, 15) is 19.4 Å². The standard InChI is InChI=1S/C17H20NO4P/c1-13(23(21,22)12-14-6-4-3-5-7-14)17(2,16(19)20)15-8-10-18-11-9-15/h3-11,13H,12H2,1-2H3,(H,19,20)(H,21,22). The molecule has 2 aromatic rings. The average Bonchev–Trinajstić information content (AvgIpc) is 2.54. The van der Waals surface area contributed by atoms with Crippen LogP contribution in [0.4, 0.5) is 0 Å². The van der Waals surface area contributed by atoms with Gasteiger partial charge >= 0.3 is 5.97 Å². The predicted molar refractivity (Wildman–Crippen MR) is 88.7 cm³/mol. The highest BCUT2D eigenvalue weighted by molar-refractivity contribution is 7.58. The highest BCUT2D eigenvalue weighted by Gasteiger charge is 2.48. The highest BCUT2D eigenvalue weighted by atomic mass is 31.2. The van der Waals surface area contributed by atoms with E-state index in [-0.39, 0.29) is 6.16 Å². The van der Waals surface area contributed by atoms with Gasteiger partial charge in [0.15, 0.2) is 0 Å². The van der Waals surface area contributed by atoms with Gasteiger partial charge in [-0.15, -0.1) is 0 Å². The molecule has 0 radical (unpaired) electrons. The van der Waals surface area contributed by atoms with Crippen molar-refractivity contribution in [1.82, 2.24) is 4.98 Å². The first-order chi connectivity index (χ1) is 10.8. The maximum Gasteiger partial charge on any atom is 0.314 e. The number of nitrogens with zero attached hydrogens (tertiary/aromatic N) is 1. The van der Waals surface area contributed by atoms with Gasteiger partial charge in [-0.1, -0.05) is 37.3 Å². The number of hydrogen-bond acceptors (Lipinski definition) is 3. The number of carbonyl (C=O) groups is 1. The van der Waals surface area contributed by atoms with Crippen molar-refractivity contribution in [2.75, 3.05) is 0 Å². The van der Waals surface area contributed by atoms with Crippen LogP contribution in [0.25, 0.3) is 0 Å². The van der Waals surface area contributed by atoms with Crippen LogP contribution in [0, 0.1) is 0 Å². The Labute approximate surface area is 135 Å². The van der Waals surface area contributed by atoms with Crippen LogP contribution in [0.1, 0.15) is 25.0 Å². The summed E-state index contributed by atoms with van der Waals surface area (Å²) in [6.45, 7) is 3.02. The van der Waals surface area contributed by atoms with Crippen LogP contribution in [0.2, 0.25) is 0 Å². The van der Waals surface area contributed by atoms with Crippen LogP contribution in [0.15, 0.2) is 54.9 Å². The second-order valence-corrected chi connectivity index (χ2v) is 8.42. The second kappa shape index (κ2) is 6.65. The van der Waals surface area contributed by atoms with Gasteiger partial charge in [0.25, 0.3) is 0 Å². The topological polar surface area (TPSA) is 87.5 Å². The molecule has 6 heteroatoms. The zero-order valence-electron chi connectivity index (χ0n) is 13.1. The summed E-state index contributed by atoms with van der Waals surface area (Å²) in [6, 6.07) is 12.1. The molecule has 0 aliphatic rings. The van der Waals surface area contributed by atoms with Gasteiger partial charge in [0, 0.05) is 18.6 Å². The molecule has 1 aromatic carbocycles. The second-order valence-electron chi connectivity index (χ2n) is 5.82. The van der Waals surface area contributed by atoms with Gasteiger partial charge in [-0.3, -0.25) is 14.3 Å². The van der Waals surface area contributed by atoms with E-state index < -0.39 is 24.4 Å². The summed E-state index contributed by atoms with van der Waals surface area (Å²) in [6.07, 6.45) is 2.93. The van der Waals surface area contributed by atoms with Gasteiger partial charge in [-0.2, -0.15) is 0 Å². The smallest absolute Gasteiger partial charge is 0.314 e. The average molecular weight is 333 g/mol. The zero-order valence-corrected chi connectivity index (χ0v) is 14.0. The van der Waals surface area contributed by atoms with Crippen molar-refractivity contribution in [3.05, 3.63) is 66.0 Å². The number of carboxylic acids is 1. The summed E-state index contributed by atoms with van der Waals surface area (Å²) in [5.41, 5.74) is -1.24. The minimum Gasteiger partial charge on any atom is -0.481 e. The minimum atomic E-state index is -3.75. The lowest BCUT2D eigenvalue weighted by Crippen LogP contribution is -2.42. The Morgan fingerprint density at radius 1 is 1.22 bits per heavy atom. The number of aromatic nitrogens is 1. The van der Waals surface area contributed by atoms with Crippen molar-refractivity contribution >= 4 is 13.3 Å². The van der Waals surface area contributed by atoms with Crippen molar-refractivity contribution in [3.63, 3.8) is 0 Å². The van der Waals surface area contributed by atoms with Gasteiger partial charge in [0.05, 0.1) is 5.66 Å². The molecule has 3 atom stereocenters. The summed E-state index contributed by atoms with van der Waals surface area (Å²) in [4.78, 5) is 26.4. The fourth-order valence-electron chi connectivity index (χ4n) is 2.63. The first kappa shape index (κ1) is 17.4. The van der Waals surface area contributed by atoms with Crippen LogP contribution in [0.5, 0.6) is 0 Å². The summed E-state index contributed by atoms with van der Waals surface area (Å²) >= 11 is 0. The maximum absolute atomic E-state index is 12.9. The molecular weight excluding hydrogens is 313 g/mol. The van der Waals surface area contributed by atoms with E-state index in [1.165, 1.54) is 26.2 Å². The normalized spacial score (nSPS) is 17.7. The highest BCUT2D eigenvalue weighted by Crippen LogP contribution is 2.56. The number of carboxylic acid groups (broad SMARTS) is 1. The van der Waals surface area contributed by atoms with Crippen LogP contribution < -0.4 is 0 Å². The summed E-state index contributed by atoms with van der Waals surface area (Å²) in [5, 5.41) is 9.73. The number of pyridine rings is 1.